The topological polar surface area (TPSA) is 338 Å². The van der Waals surface area contributed by atoms with Crippen molar-refractivity contribution in [2.24, 2.45) is 30.7 Å². The molecule has 0 amide bonds. The van der Waals surface area contributed by atoms with Crippen LogP contribution in [0.4, 0.5) is 45.5 Å². The molecule has 0 saturated heterocycles. The largest absolute Gasteiger partial charge is 1.00 e. The Labute approximate surface area is 367 Å². The summed E-state index contributed by atoms with van der Waals surface area (Å²) in [6.45, 7) is 0. The summed E-state index contributed by atoms with van der Waals surface area (Å²) >= 11 is 0. The van der Waals surface area contributed by atoms with Gasteiger partial charge in [-0.05, 0) is 78.2 Å². The average Bonchev–Trinajstić information content (AvgIpc) is 3.02. The third-order valence-corrected chi connectivity index (χ3v) is 9.18. The molecule has 0 aliphatic carbocycles. The maximum Gasteiger partial charge on any atom is 1.00 e. The normalized spacial score (nSPS) is 12.1. The molecule has 0 spiro atoms. The van der Waals surface area contributed by atoms with E-state index >= 15 is 0 Å². The number of nitrogen functional groups attached to an aromatic ring is 2. The summed E-state index contributed by atoms with van der Waals surface area (Å²) in [4.78, 5) is -2.86. The van der Waals surface area contributed by atoms with Gasteiger partial charge < -0.3 is 35.3 Å². The number of fused-ring (bicyclic) bond motifs is 1. The molecule has 53 heavy (non-hydrogen) atoms. The number of rotatable bonds is 9. The Kier molecular flexibility index (Phi) is 15.8. The summed E-state index contributed by atoms with van der Waals surface area (Å²) in [7, 11) is -15.6. The maximum atomic E-state index is 12.2. The molecule has 0 unspecified atom stereocenters. The summed E-state index contributed by atoms with van der Waals surface area (Å²) in [5.41, 5.74) is 10.1. The molecule has 0 aromatic heterocycles. The zero-order valence-corrected chi connectivity index (χ0v) is 36.1. The smallest absolute Gasteiger partial charge is 0.744 e. The van der Waals surface area contributed by atoms with E-state index in [2.05, 4.69) is 30.7 Å². The molecule has 6 N–H and O–H groups in total. The average molecular weight is 809 g/mol. The van der Waals surface area contributed by atoms with Crippen LogP contribution in [-0.4, -0.2) is 49.1 Å². The van der Waals surface area contributed by atoms with Crippen LogP contribution in [-0.2, 0) is 30.4 Å². The molecule has 0 radical (unpaired) electrons. The first-order valence-electron chi connectivity index (χ1n) is 13.4. The molecule has 25 heteroatoms. The van der Waals surface area contributed by atoms with Crippen LogP contribution in [0.2, 0.25) is 0 Å². The second-order valence-corrected chi connectivity index (χ2v) is 14.1. The van der Waals surface area contributed by atoms with Crippen molar-refractivity contribution < 1.29 is 138 Å². The minimum Gasteiger partial charge on any atom is -0.744 e. The van der Waals surface area contributed by atoms with Gasteiger partial charge in [-0.3, -0.25) is 0 Å². The summed E-state index contributed by atoms with van der Waals surface area (Å²) in [6.07, 6.45) is 0. The van der Waals surface area contributed by atoms with Gasteiger partial charge in [0, 0.05) is 11.8 Å². The fourth-order valence-corrected chi connectivity index (χ4v) is 6.08. The zero-order chi connectivity index (χ0) is 36.6. The van der Waals surface area contributed by atoms with Gasteiger partial charge in [0.25, 0.3) is 0 Å². The van der Waals surface area contributed by atoms with Crippen molar-refractivity contribution >= 4 is 86.6 Å². The first-order chi connectivity index (χ1) is 23.3. The number of phenols is 2. The quantitative estimate of drug-likeness (QED) is 0.0484. The molecule has 0 atom stereocenters. The summed E-state index contributed by atoms with van der Waals surface area (Å²) < 4.78 is 107. The van der Waals surface area contributed by atoms with Crippen molar-refractivity contribution in [3.8, 4) is 11.5 Å². The molecule has 258 valence electrons. The van der Waals surface area contributed by atoms with Crippen LogP contribution in [0, 0.1) is 0 Å². The Hall–Kier alpha value is -2.91. The van der Waals surface area contributed by atoms with Crippen LogP contribution < -0.4 is 100 Å². The second kappa shape index (κ2) is 18.1. The van der Waals surface area contributed by atoms with E-state index in [1.807, 2.05) is 0 Å². The second-order valence-electron chi connectivity index (χ2n) is 10.0. The summed E-state index contributed by atoms with van der Waals surface area (Å²) in [6, 6.07) is 14.9. The fraction of sp³-hybridized carbons (Fsp3) is 0. The number of benzene rings is 5. The van der Waals surface area contributed by atoms with Crippen molar-refractivity contribution in [3.63, 3.8) is 0 Å². The minimum absolute atomic E-state index is 0. The van der Waals surface area contributed by atoms with Gasteiger partial charge in [0.15, 0.2) is 5.75 Å². The Balaban J connectivity index is 0.00000324. The zero-order valence-electron chi connectivity index (χ0n) is 27.6. The predicted octanol–water partition coefficient (Wildman–Crippen LogP) is -3.61. The number of hydrogen-bond donors (Lipinski definition) is 4. The van der Waals surface area contributed by atoms with Crippen LogP contribution in [0.1, 0.15) is 0 Å². The van der Waals surface area contributed by atoms with Gasteiger partial charge in [-0.25, -0.2) is 25.3 Å². The van der Waals surface area contributed by atoms with Crippen LogP contribution in [0.3, 0.4) is 0 Å². The molecular formula is C28H19N8Na3O11S3. The number of hydrogen-bond acceptors (Lipinski definition) is 19. The van der Waals surface area contributed by atoms with Gasteiger partial charge in [0.05, 0.1) is 42.8 Å². The van der Waals surface area contributed by atoms with Crippen LogP contribution >= 0.6 is 0 Å². The van der Waals surface area contributed by atoms with Gasteiger partial charge >= 0.3 is 88.7 Å². The first kappa shape index (κ1) is 46.2. The molecule has 0 saturated carbocycles. The number of nitrogens with zero attached hydrogens (tertiary/aromatic N) is 6. The standard InChI is InChI=1S/C28H22N8O11S3.3Na/c29-15-1-10-20(21(37)13-15)34-31-16-2-4-17(5-3-16)32-35-26-22(49(42,43)44)11-14-12-23(50(45,46)47)27(28(38)24(14)25(26)30)36-33-18-6-8-19(9-7-18)48(39,40)41;;;/h1-13,37-38H,29-30H2,(H,39,40,41)(H,42,43,44)(H,45,46,47);;;/q;3*+1/p-3. The number of azo groups is 3. The van der Waals surface area contributed by atoms with E-state index in [1.54, 1.807) is 0 Å². The van der Waals surface area contributed by atoms with Crippen LogP contribution in [0.25, 0.3) is 10.8 Å². The molecule has 0 aliphatic rings. The van der Waals surface area contributed by atoms with E-state index in [0.29, 0.717) is 23.5 Å². The summed E-state index contributed by atoms with van der Waals surface area (Å²) in [5.74, 6) is -1.28. The number of aromatic hydroxyl groups is 2. The predicted molar refractivity (Wildman–Crippen MR) is 172 cm³/mol. The van der Waals surface area contributed by atoms with Crippen LogP contribution in [0.15, 0.2) is 124 Å². The van der Waals surface area contributed by atoms with E-state index in [9.17, 15) is 49.1 Å². The van der Waals surface area contributed by atoms with E-state index in [0.717, 1.165) is 24.3 Å². The van der Waals surface area contributed by atoms with Crippen molar-refractivity contribution in [2.75, 3.05) is 11.5 Å². The monoisotopic (exact) mass is 808 g/mol. The first-order valence-corrected chi connectivity index (χ1v) is 17.6. The Morgan fingerprint density at radius 3 is 1.42 bits per heavy atom. The SMILES string of the molecule is Nc1ccc(N=Nc2ccc(N=Nc3c(S(=O)(=O)[O-])cc4cc(S(=O)(=O)[O-])c(N=Nc5ccc(S(=O)(=O)[O-])cc5)c(O)c4c3N)cc2)c(O)c1.[Na+].[Na+].[Na+]. The van der Waals surface area contributed by atoms with Crippen molar-refractivity contribution in [3.05, 3.63) is 78.9 Å². The van der Waals surface area contributed by atoms with Crippen molar-refractivity contribution in [1.82, 2.24) is 0 Å². The van der Waals surface area contributed by atoms with Crippen molar-refractivity contribution in [2.45, 2.75) is 14.7 Å². The molecule has 5 aromatic rings. The maximum absolute atomic E-state index is 12.2. The van der Waals surface area contributed by atoms with E-state index < -0.39 is 78.6 Å². The number of phenolic OH excluding ortho intramolecular Hbond substituents is 2. The Morgan fingerprint density at radius 2 is 0.962 bits per heavy atom. The molecule has 0 bridgehead atoms. The van der Waals surface area contributed by atoms with Crippen molar-refractivity contribution in [1.29, 1.82) is 0 Å². The third-order valence-electron chi connectivity index (χ3n) is 6.63. The van der Waals surface area contributed by atoms with Crippen LogP contribution in [0.5, 0.6) is 11.5 Å². The molecular weight excluding hydrogens is 790 g/mol. The van der Waals surface area contributed by atoms with Gasteiger partial charge in [-0.2, -0.15) is 15.3 Å². The molecule has 5 aromatic carbocycles. The Morgan fingerprint density at radius 1 is 0.528 bits per heavy atom. The molecule has 0 heterocycles. The number of anilines is 2. The minimum atomic E-state index is -5.45. The molecule has 0 aliphatic heterocycles. The fourth-order valence-electron chi connectivity index (χ4n) is 4.31. The van der Waals surface area contributed by atoms with Gasteiger partial charge in [-0.1, -0.05) is 0 Å². The molecule has 5 rings (SSSR count). The molecule has 19 nitrogen and oxygen atoms in total. The summed E-state index contributed by atoms with van der Waals surface area (Å²) in [5, 5.41) is 42.9. The molecule has 0 fully saturated rings. The van der Waals surface area contributed by atoms with E-state index in [1.165, 1.54) is 42.5 Å². The van der Waals surface area contributed by atoms with Gasteiger partial charge in [0.2, 0.25) is 0 Å². The van der Waals surface area contributed by atoms with Gasteiger partial charge in [0.1, 0.15) is 53.2 Å². The third kappa shape index (κ3) is 11.1. The van der Waals surface area contributed by atoms with Gasteiger partial charge in [-0.15, -0.1) is 15.3 Å². The van der Waals surface area contributed by atoms with E-state index in [4.69, 9.17) is 11.5 Å². The number of nitrogens with two attached hydrogens (primary N) is 2. The van der Waals surface area contributed by atoms with E-state index in [-0.39, 0.29) is 111 Å². The Bertz CT molecular complexity index is 2610.